The lowest BCUT2D eigenvalue weighted by Gasteiger charge is -2.10. The zero-order chi connectivity index (χ0) is 16.1. The smallest absolute Gasteiger partial charge is 0.267 e. The fraction of sp³-hybridized carbons (Fsp3) is 0.200. The highest BCUT2D eigenvalue weighted by molar-refractivity contribution is 7.98. The van der Waals surface area contributed by atoms with Gasteiger partial charge in [0.2, 0.25) is 0 Å². The number of thioether (sulfide) groups is 1. The minimum absolute atomic E-state index is 0.177. The maximum Gasteiger partial charge on any atom is 0.278 e. The fourth-order valence-electron chi connectivity index (χ4n) is 2.04. The normalized spacial score (nSPS) is 12.2. The van der Waals surface area contributed by atoms with Crippen LogP contribution in [0.25, 0.3) is 16.9 Å². The molecule has 0 bridgehead atoms. The Morgan fingerprint density at radius 3 is 2.86 bits per heavy atom. The fourth-order valence-corrected chi connectivity index (χ4v) is 2.37. The van der Waals surface area contributed by atoms with E-state index in [1.807, 2.05) is 6.26 Å². The number of allylic oxidation sites excluding steroid dienone is 3. The summed E-state index contributed by atoms with van der Waals surface area (Å²) in [5.74, 6) is 0.553. The lowest BCUT2D eigenvalue weighted by molar-refractivity contribution is 0.610. The predicted molar refractivity (Wildman–Crippen MR) is 92.4 cm³/mol. The predicted octanol–water partition coefficient (Wildman–Crippen LogP) is 2.58. The summed E-state index contributed by atoms with van der Waals surface area (Å²) in [6.45, 7) is 9.55. The zero-order valence-electron chi connectivity index (χ0n) is 12.6. The van der Waals surface area contributed by atoms with Gasteiger partial charge in [-0.3, -0.25) is 4.79 Å². The van der Waals surface area contributed by atoms with E-state index in [9.17, 15) is 4.79 Å². The summed E-state index contributed by atoms with van der Waals surface area (Å²) >= 11 is 1.41. The van der Waals surface area contributed by atoms with Crippen LogP contribution in [-0.2, 0) is 6.54 Å². The first-order valence-electron chi connectivity index (χ1n) is 6.63. The van der Waals surface area contributed by atoms with Gasteiger partial charge in [-0.2, -0.15) is 0 Å². The van der Waals surface area contributed by atoms with E-state index in [2.05, 4.69) is 28.1 Å². The molecule has 2 heterocycles. The first-order chi connectivity index (χ1) is 10.7. The second-order valence-corrected chi connectivity index (χ2v) is 5.00. The summed E-state index contributed by atoms with van der Waals surface area (Å²) in [5, 5.41) is 1.04. The van der Waals surface area contributed by atoms with E-state index in [-0.39, 0.29) is 5.56 Å². The molecule has 0 aliphatic carbocycles. The maximum atomic E-state index is 12.6. The van der Waals surface area contributed by atoms with E-state index in [4.69, 9.17) is 0 Å². The lowest BCUT2D eigenvalue weighted by Crippen LogP contribution is -2.21. The van der Waals surface area contributed by atoms with Crippen LogP contribution >= 0.6 is 11.8 Å². The molecule has 0 fully saturated rings. The monoisotopic (exact) mass is 315 g/mol. The average molecular weight is 315 g/mol. The van der Waals surface area contributed by atoms with Gasteiger partial charge in [0.1, 0.15) is 5.39 Å². The van der Waals surface area contributed by atoms with Crippen molar-refractivity contribution in [3.05, 3.63) is 47.9 Å². The van der Waals surface area contributed by atoms with Crippen LogP contribution in [0.2, 0.25) is 0 Å². The molecule has 22 heavy (non-hydrogen) atoms. The quantitative estimate of drug-likeness (QED) is 0.270. The number of aliphatic imine (C=N–C) groups is 1. The highest BCUT2D eigenvalue weighted by Gasteiger charge is 2.17. The summed E-state index contributed by atoms with van der Waals surface area (Å²) in [6.07, 6.45) is 10.1. The van der Waals surface area contributed by atoms with Crippen molar-refractivity contribution in [1.82, 2.24) is 19.3 Å². The molecule has 0 saturated heterocycles. The summed E-state index contributed by atoms with van der Waals surface area (Å²) in [4.78, 5) is 25.5. The number of hydrogen-bond acceptors (Lipinski definition) is 5. The Hall–Kier alpha value is -2.41. The van der Waals surface area contributed by atoms with Crippen LogP contribution in [0, 0.1) is 0 Å². The number of fused-ring (bicyclic) bond motifs is 1. The third-order valence-corrected chi connectivity index (χ3v) is 3.45. The van der Waals surface area contributed by atoms with Crippen molar-refractivity contribution < 1.29 is 0 Å². The number of nitrogens with zero attached hydrogens (tertiary/aromatic N) is 5. The van der Waals surface area contributed by atoms with Gasteiger partial charge in [-0.05, 0) is 19.3 Å². The second-order valence-electron chi connectivity index (χ2n) is 4.23. The van der Waals surface area contributed by atoms with Crippen molar-refractivity contribution >= 4 is 34.8 Å². The zero-order valence-corrected chi connectivity index (χ0v) is 13.4. The topological polar surface area (TPSA) is 65.1 Å². The van der Waals surface area contributed by atoms with Gasteiger partial charge in [-0.25, -0.2) is 24.3 Å². The molecule has 7 heteroatoms. The van der Waals surface area contributed by atoms with Crippen molar-refractivity contribution in [2.24, 2.45) is 4.99 Å². The molecule has 0 aromatic carbocycles. The Kier molecular flexibility index (Phi) is 5.11. The molecule has 0 saturated carbocycles. The van der Waals surface area contributed by atoms with Gasteiger partial charge < -0.3 is 0 Å². The van der Waals surface area contributed by atoms with Crippen molar-refractivity contribution in [3.63, 3.8) is 0 Å². The van der Waals surface area contributed by atoms with Crippen molar-refractivity contribution in [1.29, 1.82) is 0 Å². The minimum Gasteiger partial charge on any atom is -0.267 e. The van der Waals surface area contributed by atoms with Crippen LogP contribution in [-0.4, -0.2) is 31.8 Å². The van der Waals surface area contributed by atoms with Gasteiger partial charge in [0.05, 0.1) is 6.54 Å². The van der Waals surface area contributed by atoms with Crippen LogP contribution in [0.15, 0.2) is 52.5 Å². The third kappa shape index (κ3) is 2.80. The molecule has 2 aromatic heterocycles. The molecule has 0 atom stereocenters. The number of hydrogen-bond donors (Lipinski definition) is 0. The summed E-state index contributed by atoms with van der Waals surface area (Å²) < 4.78 is 3.20. The standard InChI is InChI=1S/C15H17N5OS/c1-5-8-12(16-7-3)20-13-11(10-17-15(18-13)22-4)14(21)19(20)9-6-2/h5-8,10H,1-2,9H2,3-4H3/b12-8+,16-7-. The van der Waals surface area contributed by atoms with Crippen LogP contribution in [0.4, 0.5) is 0 Å². The molecular formula is C15H17N5OS. The van der Waals surface area contributed by atoms with Gasteiger partial charge in [0.25, 0.3) is 5.56 Å². The SMILES string of the molecule is C=C/C=C(\N=C/C)n1c2nc(SC)ncc2c(=O)n1CC=C. The Labute approximate surface area is 132 Å². The largest absolute Gasteiger partial charge is 0.278 e. The molecule has 0 aliphatic heterocycles. The van der Waals surface area contributed by atoms with Crippen LogP contribution in [0.3, 0.4) is 0 Å². The van der Waals surface area contributed by atoms with E-state index < -0.39 is 0 Å². The molecule has 0 N–H and O–H groups in total. The summed E-state index contributed by atoms with van der Waals surface area (Å²) in [6, 6.07) is 0. The van der Waals surface area contributed by atoms with Gasteiger partial charge in [-0.15, -0.1) is 6.58 Å². The molecule has 114 valence electrons. The van der Waals surface area contributed by atoms with Crippen molar-refractivity contribution in [2.75, 3.05) is 6.26 Å². The van der Waals surface area contributed by atoms with E-state index >= 15 is 0 Å². The first kappa shape index (κ1) is 16.0. The highest BCUT2D eigenvalue weighted by atomic mass is 32.2. The average Bonchev–Trinajstić information content (AvgIpc) is 2.79. The molecule has 0 radical (unpaired) electrons. The highest BCUT2D eigenvalue weighted by Crippen LogP contribution is 2.18. The molecule has 0 unspecified atom stereocenters. The molecule has 0 amide bonds. The number of aromatic nitrogens is 4. The molecule has 2 aromatic rings. The second kappa shape index (κ2) is 7.04. The van der Waals surface area contributed by atoms with E-state index in [0.717, 1.165) is 0 Å². The third-order valence-electron chi connectivity index (χ3n) is 2.88. The van der Waals surface area contributed by atoms with E-state index in [1.165, 1.54) is 16.4 Å². The van der Waals surface area contributed by atoms with Gasteiger partial charge in [0, 0.05) is 12.4 Å². The van der Waals surface area contributed by atoms with Crippen LogP contribution in [0.5, 0.6) is 0 Å². The van der Waals surface area contributed by atoms with E-state index in [1.54, 1.807) is 42.2 Å². The van der Waals surface area contributed by atoms with Crippen LogP contribution in [0.1, 0.15) is 6.92 Å². The summed E-state index contributed by atoms with van der Waals surface area (Å²) in [5.41, 5.74) is 0.341. The molecule has 0 spiro atoms. The Bertz CT molecular complexity index is 828. The lowest BCUT2D eigenvalue weighted by atomic mass is 10.4. The Balaban J connectivity index is 2.91. The number of rotatable bonds is 6. The molecule has 6 nitrogen and oxygen atoms in total. The first-order valence-corrected chi connectivity index (χ1v) is 7.85. The molecule has 0 aliphatic rings. The van der Waals surface area contributed by atoms with Gasteiger partial charge in [-0.1, -0.05) is 30.5 Å². The van der Waals surface area contributed by atoms with Crippen LogP contribution < -0.4 is 5.56 Å². The Morgan fingerprint density at radius 1 is 1.50 bits per heavy atom. The van der Waals surface area contributed by atoms with E-state index in [0.29, 0.717) is 28.6 Å². The van der Waals surface area contributed by atoms with Gasteiger partial charge in [0.15, 0.2) is 16.6 Å². The molecular weight excluding hydrogens is 298 g/mol. The van der Waals surface area contributed by atoms with Crippen molar-refractivity contribution in [2.45, 2.75) is 18.6 Å². The van der Waals surface area contributed by atoms with Gasteiger partial charge >= 0.3 is 0 Å². The maximum absolute atomic E-state index is 12.6. The summed E-state index contributed by atoms with van der Waals surface area (Å²) in [7, 11) is 0. The van der Waals surface area contributed by atoms with Crippen molar-refractivity contribution in [3.8, 4) is 0 Å². The molecule has 2 rings (SSSR count). The Morgan fingerprint density at radius 2 is 2.27 bits per heavy atom. The minimum atomic E-state index is -0.177.